The molecule has 0 saturated heterocycles. The van der Waals surface area contributed by atoms with Crippen molar-refractivity contribution in [2.45, 2.75) is 44.4 Å². The number of hydrogen-bond donors (Lipinski definition) is 2. The van der Waals surface area contributed by atoms with E-state index in [0.29, 0.717) is 47.1 Å². The van der Waals surface area contributed by atoms with Crippen LogP contribution in [0.3, 0.4) is 0 Å². The number of pyridine rings is 2. The monoisotopic (exact) mass is 533 g/mol. The molecular weight excluding hydrogens is 509 g/mol. The summed E-state index contributed by atoms with van der Waals surface area (Å²) >= 11 is 1.35. The summed E-state index contributed by atoms with van der Waals surface area (Å²) in [5.74, 6) is 0.201. The number of H-pyrrole nitrogens is 1. The first kappa shape index (κ1) is 24.2. The minimum Gasteiger partial charge on any atom is -0.381 e. The SMILES string of the molecule is CO[C@@H]1CC(NC(=O)c2ncc(C)s2)C[C@@H](n2c(-c3ncccc3F)nc3cnc(-c4ncn[nH]4)cc32)C1. The molecule has 1 saturated carbocycles. The van der Waals surface area contributed by atoms with Gasteiger partial charge < -0.3 is 14.6 Å². The molecule has 1 aliphatic rings. The summed E-state index contributed by atoms with van der Waals surface area (Å²) in [6.07, 6.45) is 8.02. The molecule has 13 heteroatoms. The second-order valence-corrected chi connectivity index (χ2v) is 10.4. The van der Waals surface area contributed by atoms with Crippen LogP contribution in [-0.2, 0) is 4.74 Å². The standard InChI is InChI=1S/C25H24FN9O2S/c1-13-10-29-25(38-13)24(36)32-14-6-15(8-16(7-14)37-2)35-20-9-18(22-30-12-31-34-22)28-11-19(20)33-23(35)21-17(26)4-3-5-27-21/h3-5,9-12,14-16H,6-8H2,1-2H3,(H,32,36)(H,30,31,34)/t14?,15-,16-/m1/s1. The highest BCUT2D eigenvalue weighted by atomic mass is 32.1. The molecule has 6 rings (SSSR count). The molecule has 2 N–H and O–H groups in total. The van der Waals surface area contributed by atoms with Crippen molar-refractivity contribution in [1.29, 1.82) is 0 Å². The maximum Gasteiger partial charge on any atom is 0.280 e. The second kappa shape index (κ2) is 9.99. The lowest BCUT2D eigenvalue weighted by Crippen LogP contribution is -2.43. The lowest BCUT2D eigenvalue weighted by atomic mass is 9.88. The second-order valence-electron chi connectivity index (χ2n) is 9.20. The highest BCUT2D eigenvalue weighted by molar-refractivity contribution is 7.13. The molecule has 5 heterocycles. The van der Waals surface area contributed by atoms with Crippen molar-refractivity contribution in [2.75, 3.05) is 7.11 Å². The smallest absolute Gasteiger partial charge is 0.280 e. The van der Waals surface area contributed by atoms with Gasteiger partial charge in [0.2, 0.25) is 0 Å². The first-order valence-electron chi connectivity index (χ1n) is 12.1. The van der Waals surface area contributed by atoms with Gasteiger partial charge in [0.05, 0.1) is 17.8 Å². The number of hydrogen-bond acceptors (Lipinski definition) is 9. The van der Waals surface area contributed by atoms with E-state index in [9.17, 15) is 9.18 Å². The van der Waals surface area contributed by atoms with Gasteiger partial charge in [0.15, 0.2) is 22.5 Å². The number of imidazole rings is 1. The molecule has 194 valence electrons. The van der Waals surface area contributed by atoms with Crippen molar-refractivity contribution in [3.05, 3.63) is 58.8 Å². The number of thiazole rings is 1. The van der Waals surface area contributed by atoms with Gasteiger partial charge in [-0.25, -0.2) is 24.3 Å². The molecule has 0 aliphatic heterocycles. The van der Waals surface area contributed by atoms with Crippen molar-refractivity contribution in [3.63, 3.8) is 0 Å². The van der Waals surface area contributed by atoms with Crippen LogP contribution in [0.15, 0.2) is 43.1 Å². The van der Waals surface area contributed by atoms with E-state index in [2.05, 4.69) is 35.5 Å². The predicted molar refractivity (Wildman–Crippen MR) is 138 cm³/mol. The molecule has 0 radical (unpaired) electrons. The Morgan fingerprint density at radius 3 is 2.84 bits per heavy atom. The third kappa shape index (κ3) is 4.54. The molecule has 0 bridgehead atoms. The van der Waals surface area contributed by atoms with E-state index in [1.54, 1.807) is 25.6 Å². The summed E-state index contributed by atoms with van der Waals surface area (Å²) in [5, 5.41) is 10.3. The Morgan fingerprint density at radius 1 is 1.21 bits per heavy atom. The van der Waals surface area contributed by atoms with Crippen LogP contribution in [0.25, 0.3) is 34.1 Å². The molecule has 3 atom stereocenters. The lowest BCUT2D eigenvalue weighted by Gasteiger charge is -2.36. The molecule has 5 aromatic rings. The zero-order valence-electron chi connectivity index (χ0n) is 20.6. The number of fused-ring (bicyclic) bond motifs is 1. The number of ether oxygens (including phenoxy) is 1. The molecule has 0 spiro atoms. The molecule has 5 aromatic heterocycles. The summed E-state index contributed by atoms with van der Waals surface area (Å²) in [7, 11) is 1.66. The van der Waals surface area contributed by atoms with Gasteiger partial charge >= 0.3 is 0 Å². The number of methoxy groups -OCH3 is 1. The molecule has 38 heavy (non-hydrogen) atoms. The number of amides is 1. The summed E-state index contributed by atoms with van der Waals surface area (Å²) in [5.41, 5.74) is 2.05. The Bertz CT molecular complexity index is 1600. The minimum absolute atomic E-state index is 0.133. The summed E-state index contributed by atoms with van der Waals surface area (Å²) in [6, 6.07) is 4.40. The summed E-state index contributed by atoms with van der Waals surface area (Å²) in [6.45, 7) is 1.91. The van der Waals surface area contributed by atoms with Gasteiger partial charge in [-0.3, -0.25) is 14.9 Å². The topological polar surface area (TPSA) is 136 Å². The van der Waals surface area contributed by atoms with E-state index in [-0.39, 0.29) is 29.8 Å². The Morgan fingerprint density at radius 2 is 2.11 bits per heavy atom. The fourth-order valence-electron chi connectivity index (χ4n) is 5.01. The Labute approximate surface area is 220 Å². The number of rotatable bonds is 6. The van der Waals surface area contributed by atoms with Gasteiger partial charge in [0, 0.05) is 36.5 Å². The van der Waals surface area contributed by atoms with Crippen molar-refractivity contribution in [2.24, 2.45) is 0 Å². The van der Waals surface area contributed by atoms with Gasteiger partial charge in [-0.05, 0) is 44.4 Å². The summed E-state index contributed by atoms with van der Waals surface area (Å²) in [4.78, 5) is 35.8. The molecule has 1 unspecified atom stereocenters. The molecule has 0 aromatic carbocycles. The van der Waals surface area contributed by atoms with Gasteiger partial charge in [0.1, 0.15) is 23.2 Å². The van der Waals surface area contributed by atoms with Crippen LogP contribution < -0.4 is 5.32 Å². The van der Waals surface area contributed by atoms with Gasteiger partial charge in [0.25, 0.3) is 5.91 Å². The molecule has 11 nitrogen and oxygen atoms in total. The van der Waals surface area contributed by atoms with E-state index in [0.717, 1.165) is 10.4 Å². The van der Waals surface area contributed by atoms with Crippen LogP contribution in [0, 0.1) is 12.7 Å². The summed E-state index contributed by atoms with van der Waals surface area (Å²) < 4.78 is 22.8. The number of aromatic nitrogens is 8. The zero-order chi connectivity index (χ0) is 26.2. The van der Waals surface area contributed by atoms with E-state index >= 15 is 0 Å². The number of nitrogens with one attached hydrogen (secondary N) is 2. The minimum atomic E-state index is -0.476. The van der Waals surface area contributed by atoms with Crippen LogP contribution in [0.4, 0.5) is 4.39 Å². The number of nitrogens with zero attached hydrogens (tertiary/aromatic N) is 7. The fourth-order valence-corrected chi connectivity index (χ4v) is 5.68. The van der Waals surface area contributed by atoms with Crippen molar-refractivity contribution in [3.8, 4) is 23.0 Å². The van der Waals surface area contributed by atoms with Gasteiger partial charge in [-0.2, -0.15) is 5.10 Å². The van der Waals surface area contributed by atoms with Crippen LogP contribution in [0.2, 0.25) is 0 Å². The predicted octanol–water partition coefficient (Wildman–Crippen LogP) is 3.72. The number of aryl methyl sites for hydroxylation is 1. The van der Waals surface area contributed by atoms with E-state index < -0.39 is 5.82 Å². The van der Waals surface area contributed by atoms with Crippen molar-refractivity contribution >= 4 is 28.3 Å². The lowest BCUT2D eigenvalue weighted by molar-refractivity contribution is 0.0397. The fraction of sp³-hybridized carbons (Fsp3) is 0.320. The average Bonchev–Trinajstić information content (AvgIpc) is 3.68. The van der Waals surface area contributed by atoms with E-state index in [4.69, 9.17) is 9.72 Å². The highest BCUT2D eigenvalue weighted by Gasteiger charge is 2.34. The number of carbonyl (C=O) groups excluding carboxylic acids is 1. The quantitative estimate of drug-likeness (QED) is 0.337. The Hall–Kier alpha value is -4.10. The largest absolute Gasteiger partial charge is 0.381 e. The van der Waals surface area contributed by atoms with Crippen LogP contribution in [0.1, 0.15) is 40.0 Å². The van der Waals surface area contributed by atoms with Crippen LogP contribution in [-0.4, -0.2) is 64.8 Å². The zero-order valence-corrected chi connectivity index (χ0v) is 21.4. The number of aromatic amines is 1. The number of halogens is 1. The van der Waals surface area contributed by atoms with Gasteiger partial charge in [-0.1, -0.05) is 0 Å². The van der Waals surface area contributed by atoms with Crippen LogP contribution >= 0.6 is 11.3 Å². The first-order valence-corrected chi connectivity index (χ1v) is 12.9. The molecule has 1 amide bonds. The van der Waals surface area contributed by atoms with Crippen molar-refractivity contribution < 1.29 is 13.9 Å². The van der Waals surface area contributed by atoms with Crippen molar-refractivity contribution in [1.82, 2.24) is 45.0 Å². The van der Waals surface area contributed by atoms with E-state index in [1.807, 2.05) is 17.6 Å². The Kier molecular flexibility index (Phi) is 6.37. The maximum atomic E-state index is 15.0. The molecular formula is C25H24FN9O2S. The third-order valence-corrected chi connectivity index (χ3v) is 7.60. The van der Waals surface area contributed by atoms with E-state index in [1.165, 1.54) is 29.9 Å². The highest BCUT2D eigenvalue weighted by Crippen LogP contribution is 2.37. The van der Waals surface area contributed by atoms with Gasteiger partial charge in [-0.15, -0.1) is 11.3 Å². The first-order chi connectivity index (χ1) is 18.5. The average molecular weight is 534 g/mol. The van der Waals surface area contributed by atoms with Crippen LogP contribution in [0.5, 0.6) is 0 Å². The number of carbonyl (C=O) groups is 1. The molecule has 1 aliphatic carbocycles. The Balaban J connectivity index is 1.43. The molecule has 1 fully saturated rings. The normalized spacial score (nSPS) is 19.6. The maximum absolute atomic E-state index is 15.0. The third-order valence-electron chi connectivity index (χ3n) is 6.69.